The molecule has 0 atom stereocenters. The maximum Gasteiger partial charge on any atom is 0.0197 e. The Labute approximate surface area is 298 Å². The first-order valence-corrected chi connectivity index (χ1v) is 17.6. The van der Waals surface area contributed by atoms with Crippen molar-refractivity contribution in [2.24, 2.45) is 0 Å². The van der Waals surface area contributed by atoms with Crippen LogP contribution in [0.25, 0.3) is 88.0 Å². The Morgan fingerprint density at radius 3 is 1.38 bits per heavy atom. The fourth-order valence-electron chi connectivity index (χ4n) is 7.66. The number of benzene rings is 9. The quantitative estimate of drug-likeness (QED) is 0.139. The van der Waals surface area contributed by atoms with Crippen LogP contribution < -0.4 is 0 Å². The minimum atomic E-state index is 0.990. The van der Waals surface area contributed by atoms with Gasteiger partial charge in [-0.1, -0.05) is 170 Å². The van der Waals surface area contributed by atoms with Crippen molar-refractivity contribution >= 4 is 44.9 Å². The van der Waals surface area contributed by atoms with Gasteiger partial charge >= 0.3 is 0 Å². The molecule has 0 heterocycles. The predicted molar refractivity (Wildman–Crippen MR) is 218 cm³/mol. The van der Waals surface area contributed by atoms with E-state index in [0.29, 0.717) is 0 Å². The molecule has 0 saturated heterocycles. The summed E-state index contributed by atoms with van der Waals surface area (Å²) in [4.78, 5) is 0.990. The van der Waals surface area contributed by atoms with Gasteiger partial charge in [0.25, 0.3) is 0 Å². The average Bonchev–Trinajstić information content (AvgIpc) is 3.19. The maximum atomic E-state index is 5.23. The Bertz CT molecular complexity index is 2670. The molecule has 0 radical (unpaired) electrons. The average molecular weight is 655 g/mol. The van der Waals surface area contributed by atoms with Crippen molar-refractivity contribution in [1.29, 1.82) is 0 Å². The summed E-state index contributed by atoms with van der Waals surface area (Å²) in [6, 6.07) is 65.9. The third-order valence-corrected chi connectivity index (χ3v) is 10.7. The number of thiol groups is 1. The van der Waals surface area contributed by atoms with E-state index in [4.69, 9.17) is 12.6 Å². The van der Waals surface area contributed by atoms with Crippen molar-refractivity contribution in [2.75, 3.05) is 0 Å². The molecule has 9 aromatic carbocycles. The molecule has 236 valence electrons. The molecule has 0 nitrogen and oxygen atoms in total. The fourth-order valence-corrected chi connectivity index (χ4v) is 8.06. The first kappa shape index (κ1) is 30.2. The highest BCUT2D eigenvalue weighted by molar-refractivity contribution is 7.80. The van der Waals surface area contributed by atoms with Gasteiger partial charge in [0.05, 0.1) is 0 Å². The van der Waals surface area contributed by atoms with Crippen molar-refractivity contribution in [3.8, 4) is 55.6 Å². The normalized spacial score (nSPS) is 11.4. The van der Waals surface area contributed by atoms with E-state index >= 15 is 0 Å². The molecule has 0 aliphatic rings. The van der Waals surface area contributed by atoms with Crippen LogP contribution in [0, 0.1) is 6.92 Å². The van der Waals surface area contributed by atoms with E-state index in [1.165, 1.54) is 82.4 Å². The number of hydrogen-bond donors (Lipinski definition) is 1. The zero-order valence-corrected chi connectivity index (χ0v) is 28.7. The summed E-state index contributed by atoms with van der Waals surface area (Å²) in [5, 5.41) is 7.68. The molecule has 0 aliphatic heterocycles. The first-order chi connectivity index (χ1) is 24.6. The minimum Gasteiger partial charge on any atom is -0.142 e. The van der Waals surface area contributed by atoms with Crippen LogP contribution in [0.3, 0.4) is 0 Å². The van der Waals surface area contributed by atoms with Crippen molar-refractivity contribution < 1.29 is 0 Å². The Kier molecular flexibility index (Phi) is 7.57. The van der Waals surface area contributed by atoms with Gasteiger partial charge in [0.2, 0.25) is 0 Å². The molecule has 9 rings (SSSR count). The predicted octanol–water partition coefficient (Wildman–Crippen LogP) is 14.1. The van der Waals surface area contributed by atoms with Gasteiger partial charge in [-0.05, 0) is 113 Å². The summed E-state index contributed by atoms with van der Waals surface area (Å²) in [6.45, 7) is 2.24. The standard InChI is InChI=1S/C49H34S/c1-32-39(37-15-9-14-36(30-37)35-26-24-34(25-27-35)33-12-3-2-4-13-33)20-10-21-40(32)47-23-11-22-41(49(47)50)38-28-29-46-44-18-6-5-16-42(44)43-17-7-8-19-45(43)48(46)31-38/h2-31,50H,1H3. The molecule has 0 aliphatic carbocycles. The number of rotatable bonds is 5. The van der Waals surface area contributed by atoms with E-state index in [-0.39, 0.29) is 0 Å². The Balaban J connectivity index is 1.10. The van der Waals surface area contributed by atoms with E-state index in [9.17, 15) is 0 Å². The van der Waals surface area contributed by atoms with Crippen LogP contribution >= 0.6 is 12.6 Å². The summed E-state index contributed by atoms with van der Waals surface area (Å²) in [5.41, 5.74) is 13.2. The molecule has 0 unspecified atom stereocenters. The largest absolute Gasteiger partial charge is 0.142 e. The smallest absolute Gasteiger partial charge is 0.0197 e. The Morgan fingerprint density at radius 1 is 0.280 bits per heavy atom. The number of hydrogen-bond acceptors (Lipinski definition) is 1. The highest BCUT2D eigenvalue weighted by Gasteiger charge is 2.16. The Hall–Kier alpha value is -5.89. The lowest BCUT2D eigenvalue weighted by Gasteiger charge is -2.17. The molecular weight excluding hydrogens is 621 g/mol. The van der Waals surface area contributed by atoms with E-state index in [0.717, 1.165) is 16.0 Å². The minimum absolute atomic E-state index is 0.990. The van der Waals surface area contributed by atoms with Crippen LogP contribution in [0.4, 0.5) is 0 Å². The van der Waals surface area contributed by atoms with Crippen molar-refractivity contribution in [3.63, 3.8) is 0 Å². The van der Waals surface area contributed by atoms with E-state index < -0.39 is 0 Å². The second kappa shape index (κ2) is 12.5. The summed E-state index contributed by atoms with van der Waals surface area (Å²) < 4.78 is 0. The summed E-state index contributed by atoms with van der Waals surface area (Å²) >= 11 is 5.23. The maximum absolute atomic E-state index is 5.23. The van der Waals surface area contributed by atoms with Gasteiger partial charge in [0.1, 0.15) is 0 Å². The molecular formula is C49H34S. The Morgan fingerprint density at radius 2 is 0.700 bits per heavy atom. The zero-order chi connectivity index (χ0) is 33.6. The van der Waals surface area contributed by atoms with Crippen LogP contribution in [0.2, 0.25) is 0 Å². The van der Waals surface area contributed by atoms with Crippen LogP contribution in [0.15, 0.2) is 187 Å². The SMILES string of the molecule is Cc1c(-c2cccc(-c3ccc(-c4ccccc4)cc3)c2)cccc1-c1cccc(-c2ccc3c4ccccc4c4ccccc4c3c2)c1S. The second-order valence-corrected chi connectivity index (χ2v) is 13.5. The van der Waals surface area contributed by atoms with Crippen molar-refractivity contribution in [3.05, 3.63) is 188 Å². The fraction of sp³-hybridized carbons (Fsp3) is 0.0204. The van der Waals surface area contributed by atoms with Gasteiger partial charge in [-0.3, -0.25) is 0 Å². The van der Waals surface area contributed by atoms with Gasteiger partial charge in [-0.15, -0.1) is 12.6 Å². The molecule has 0 N–H and O–H groups in total. The molecule has 0 fully saturated rings. The van der Waals surface area contributed by atoms with E-state index in [1.54, 1.807) is 0 Å². The summed E-state index contributed by atoms with van der Waals surface area (Å²) in [6.07, 6.45) is 0. The van der Waals surface area contributed by atoms with E-state index in [2.05, 4.69) is 189 Å². The highest BCUT2D eigenvalue weighted by atomic mass is 32.1. The molecule has 1 heteroatoms. The lowest BCUT2D eigenvalue weighted by molar-refractivity contribution is 1.39. The zero-order valence-electron chi connectivity index (χ0n) is 27.8. The first-order valence-electron chi connectivity index (χ1n) is 17.2. The molecule has 0 spiro atoms. The monoisotopic (exact) mass is 654 g/mol. The summed E-state index contributed by atoms with van der Waals surface area (Å²) in [5.74, 6) is 0. The van der Waals surface area contributed by atoms with E-state index in [1.807, 2.05) is 0 Å². The van der Waals surface area contributed by atoms with Gasteiger partial charge in [-0.2, -0.15) is 0 Å². The molecule has 0 saturated carbocycles. The molecule has 0 bridgehead atoms. The van der Waals surface area contributed by atoms with Crippen LogP contribution in [0.1, 0.15) is 5.56 Å². The number of fused-ring (bicyclic) bond motifs is 6. The molecule has 0 aromatic heterocycles. The van der Waals surface area contributed by atoms with Gasteiger partial charge < -0.3 is 0 Å². The van der Waals surface area contributed by atoms with Crippen molar-refractivity contribution in [1.82, 2.24) is 0 Å². The van der Waals surface area contributed by atoms with Crippen LogP contribution in [-0.4, -0.2) is 0 Å². The molecule has 50 heavy (non-hydrogen) atoms. The lowest BCUT2D eigenvalue weighted by Crippen LogP contribution is -1.92. The topological polar surface area (TPSA) is 0 Å². The summed E-state index contributed by atoms with van der Waals surface area (Å²) in [7, 11) is 0. The van der Waals surface area contributed by atoms with Gasteiger partial charge in [-0.25, -0.2) is 0 Å². The third kappa shape index (κ3) is 5.19. The van der Waals surface area contributed by atoms with Crippen LogP contribution in [-0.2, 0) is 0 Å². The van der Waals surface area contributed by atoms with Gasteiger partial charge in [0.15, 0.2) is 0 Å². The van der Waals surface area contributed by atoms with Gasteiger partial charge in [0, 0.05) is 4.90 Å². The molecule has 9 aromatic rings. The highest BCUT2D eigenvalue weighted by Crippen LogP contribution is 2.42. The lowest BCUT2D eigenvalue weighted by atomic mass is 9.89. The second-order valence-electron chi connectivity index (χ2n) is 13.1. The third-order valence-electron chi connectivity index (χ3n) is 10.2. The van der Waals surface area contributed by atoms with Crippen LogP contribution in [0.5, 0.6) is 0 Å². The molecule has 0 amide bonds. The van der Waals surface area contributed by atoms with Crippen molar-refractivity contribution in [2.45, 2.75) is 11.8 Å².